The fourth-order valence-corrected chi connectivity index (χ4v) is 4.27. The number of anilines is 1. The van der Waals surface area contributed by atoms with E-state index < -0.39 is 8.80 Å². The van der Waals surface area contributed by atoms with Crippen LogP contribution in [0.2, 0.25) is 0 Å². The van der Waals surface area contributed by atoms with Crippen molar-refractivity contribution in [1.82, 2.24) is 0 Å². The molecule has 0 aliphatic rings. The van der Waals surface area contributed by atoms with Gasteiger partial charge in [0.15, 0.2) is 0 Å². The first-order valence-electron chi connectivity index (χ1n) is 6.47. The second kappa shape index (κ2) is 8.35. The van der Waals surface area contributed by atoms with Gasteiger partial charge in [0.25, 0.3) is 0 Å². The molecule has 0 fully saturated rings. The Morgan fingerprint density at radius 2 is 1.75 bits per heavy atom. The number of nitrogen functional groups attached to an aromatic ring is 1. The van der Waals surface area contributed by atoms with Gasteiger partial charge in [-0.25, -0.2) is 0 Å². The van der Waals surface area contributed by atoms with Crippen LogP contribution in [0.3, 0.4) is 0 Å². The minimum atomic E-state index is -3.09. The molecule has 0 saturated heterocycles. The molecule has 0 heterocycles. The van der Waals surface area contributed by atoms with Crippen LogP contribution in [0.5, 0.6) is 0 Å². The van der Waals surface area contributed by atoms with Crippen LogP contribution in [0.4, 0.5) is 5.69 Å². The van der Waals surface area contributed by atoms with E-state index in [9.17, 15) is 0 Å². The molecule has 1 aromatic rings. The second-order valence-electron chi connectivity index (χ2n) is 4.35. The summed E-state index contributed by atoms with van der Waals surface area (Å²) in [6.45, 7) is -0.0565. The highest BCUT2D eigenvalue weighted by Gasteiger charge is 2.44. The standard InChI is InChI=1S/C13H23NO5Si/c1-17-20(18-2,13-5-3-4-11(14)10-13)19-12(6-8-15)7-9-16/h3-5,10,12,15-16H,6-9,14H2,1-2H3. The monoisotopic (exact) mass is 301 g/mol. The molecule has 0 aromatic heterocycles. The van der Waals surface area contributed by atoms with Crippen LogP contribution in [0, 0.1) is 0 Å². The smallest absolute Gasteiger partial charge is 0.399 e. The van der Waals surface area contributed by atoms with E-state index in [1.807, 2.05) is 6.07 Å². The number of aliphatic hydroxyl groups is 2. The average molecular weight is 301 g/mol. The number of rotatable bonds is 9. The van der Waals surface area contributed by atoms with Crippen LogP contribution in [0.15, 0.2) is 24.3 Å². The lowest BCUT2D eigenvalue weighted by Crippen LogP contribution is -2.57. The number of aliphatic hydroxyl groups excluding tert-OH is 2. The minimum Gasteiger partial charge on any atom is -0.399 e. The molecule has 6 nitrogen and oxygen atoms in total. The Bertz CT molecular complexity index is 394. The van der Waals surface area contributed by atoms with Gasteiger partial charge < -0.3 is 29.2 Å². The Hall–Kier alpha value is -0.963. The van der Waals surface area contributed by atoms with Gasteiger partial charge in [-0.1, -0.05) is 12.1 Å². The van der Waals surface area contributed by atoms with Crippen molar-refractivity contribution in [3.63, 3.8) is 0 Å². The highest BCUT2D eigenvalue weighted by Crippen LogP contribution is 2.16. The summed E-state index contributed by atoms with van der Waals surface area (Å²) in [4.78, 5) is 0. The normalized spacial score (nSPS) is 12.1. The Kier molecular flexibility index (Phi) is 7.14. The molecular formula is C13H23NO5Si. The lowest BCUT2D eigenvalue weighted by molar-refractivity contribution is 0.0417. The zero-order valence-electron chi connectivity index (χ0n) is 11.9. The number of nitrogens with two attached hydrogens (primary N) is 1. The summed E-state index contributed by atoms with van der Waals surface area (Å²) in [7, 11) is -0.0473. The van der Waals surface area contributed by atoms with Gasteiger partial charge in [0, 0.05) is 38.3 Å². The van der Waals surface area contributed by atoms with Crippen molar-refractivity contribution >= 4 is 19.7 Å². The van der Waals surface area contributed by atoms with E-state index in [0.29, 0.717) is 18.5 Å². The molecule has 0 spiro atoms. The lowest BCUT2D eigenvalue weighted by atomic mass is 10.2. The first-order chi connectivity index (χ1) is 9.61. The van der Waals surface area contributed by atoms with E-state index in [2.05, 4.69) is 0 Å². The van der Waals surface area contributed by atoms with Gasteiger partial charge in [-0.3, -0.25) is 0 Å². The van der Waals surface area contributed by atoms with Gasteiger partial charge in [0.1, 0.15) is 0 Å². The molecule has 7 heteroatoms. The molecule has 0 atom stereocenters. The molecule has 0 aliphatic carbocycles. The molecule has 1 aromatic carbocycles. The van der Waals surface area contributed by atoms with E-state index in [1.54, 1.807) is 18.2 Å². The molecule has 4 N–H and O–H groups in total. The van der Waals surface area contributed by atoms with Crippen molar-refractivity contribution in [2.75, 3.05) is 33.2 Å². The highest BCUT2D eigenvalue weighted by molar-refractivity contribution is 6.75. The van der Waals surface area contributed by atoms with Gasteiger partial charge in [-0.2, -0.15) is 0 Å². The summed E-state index contributed by atoms with van der Waals surface area (Å²) in [5, 5.41) is 18.9. The van der Waals surface area contributed by atoms with Crippen molar-refractivity contribution < 1.29 is 23.5 Å². The van der Waals surface area contributed by atoms with Gasteiger partial charge >= 0.3 is 8.80 Å². The predicted octanol–water partition coefficient (Wildman–Crippen LogP) is -0.142. The molecule has 0 radical (unpaired) electrons. The molecular weight excluding hydrogens is 278 g/mol. The number of hydrogen-bond acceptors (Lipinski definition) is 6. The van der Waals surface area contributed by atoms with Crippen molar-refractivity contribution in [2.24, 2.45) is 0 Å². The van der Waals surface area contributed by atoms with Crippen LogP contribution in [-0.4, -0.2) is 52.6 Å². The van der Waals surface area contributed by atoms with Crippen molar-refractivity contribution in [3.05, 3.63) is 24.3 Å². The lowest BCUT2D eigenvalue weighted by Gasteiger charge is -2.31. The maximum absolute atomic E-state index is 9.07. The molecule has 0 unspecified atom stereocenters. The van der Waals surface area contributed by atoms with Crippen LogP contribution < -0.4 is 10.9 Å². The zero-order chi connectivity index (χ0) is 15.0. The van der Waals surface area contributed by atoms with E-state index in [4.69, 9.17) is 29.2 Å². The van der Waals surface area contributed by atoms with Crippen molar-refractivity contribution in [1.29, 1.82) is 0 Å². The maximum atomic E-state index is 9.07. The van der Waals surface area contributed by atoms with Gasteiger partial charge in [-0.05, 0) is 25.0 Å². The molecule has 0 aliphatic heterocycles. The average Bonchev–Trinajstić information content (AvgIpc) is 2.45. The first-order valence-corrected chi connectivity index (χ1v) is 8.20. The van der Waals surface area contributed by atoms with Crippen molar-refractivity contribution in [3.8, 4) is 0 Å². The fourth-order valence-electron chi connectivity index (χ4n) is 1.98. The van der Waals surface area contributed by atoms with Gasteiger partial charge in [-0.15, -0.1) is 0 Å². The Labute approximate surface area is 120 Å². The predicted molar refractivity (Wildman–Crippen MR) is 78.5 cm³/mol. The number of benzene rings is 1. The zero-order valence-corrected chi connectivity index (χ0v) is 12.9. The summed E-state index contributed by atoms with van der Waals surface area (Å²) in [5.74, 6) is 0. The van der Waals surface area contributed by atoms with E-state index in [0.717, 1.165) is 5.19 Å². The maximum Gasteiger partial charge on any atom is 0.536 e. The van der Waals surface area contributed by atoms with Crippen LogP contribution in [0.25, 0.3) is 0 Å². The third kappa shape index (κ3) is 4.27. The summed E-state index contributed by atoms with van der Waals surface area (Å²) in [6, 6.07) is 7.17. The topological polar surface area (TPSA) is 94.2 Å². The van der Waals surface area contributed by atoms with Crippen LogP contribution >= 0.6 is 0 Å². The van der Waals surface area contributed by atoms with Gasteiger partial charge in [0.05, 0.1) is 6.10 Å². The summed E-state index contributed by atoms with van der Waals surface area (Å²) in [6.07, 6.45) is 0.479. The fraction of sp³-hybridized carbons (Fsp3) is 0.538. The first kappa shape index (κ1) is 17.1. The van der Waals surface area contributed by atoms with Gasteiger partial charge in [0.2, 0.25) is 0 Å². The Balaban J connectivity index is 3.01. The largest absolute Gasteiger partial charge is 0.536 e. The second-order valence-corrected chi connectivity index (χ2v) is 7.10. The molecule has 0 saturated carbocycles. The molecule has 0 bridgehead atoms. The minimum absolute atomic E-state index is 0.0283. The Morgan fingerprint density at radius 3 is 2.20 bits per heavy atom. The third-order valence-electron chi connectivity index (χ3n) is 3.00. The molecule has 1 rings (SSSR count). The summed E-state index contributed by atoms with van der Waals surface area (Å²) < 4.78 is 17.0. The Morgan fingerprint density at radius 1 is 1.15 bits per heavy atom. The van der Waals surface area contributed by atoms with E-state index in [1.165, 1.54) is 14.2 Å². The molecule has 20 heavy (non-hydrogen) atoms. The van der Waals surface area contributed by atoms with Crippen LogP contribution in [0.1, 0.15) is 12.8 Å². The SMILES string of the molecule is CO[Si](OC)(OC(CCO)CCO)c1cccc(N)c1. The summed E-state index contributed by atoms with van der Waals surface area (Å²) >= 11 is 0. The van der Waals surface area contributed by atoms with E-state index in [-0.39, 0.29) is 19.3 Å². The van der Waals surface area contributed by atoms with Crippen LogP contribution in [-0.2, 0) is 13.3 Å². The third-order valence-corrected chi connectivity index (χ3v) is 5.74. The highest BCUT2D eigenvalue weighted by atomic mass is 28.4. The molecule has 114 valence electrons. The quantitative estimate of drug-likeness (QED) is 0.434. The molecule has 0 amide bonds. The number of hydrogen-bond donors (Lipinski definition) is 3. The van der Waals surface area contributed by atoms with Crippen molar-refractivity contribution in [2.45, 2.75) is 18.9 Å². The summed E-state index contributed by atoms with van der Waals surface area (Å²) in [5.41, 5.74) is 6.38. The van der Waals surface area contributed by atoms with E-state index >= 15 is 0 Å².